The molecule has 0 spiro atoms. The standard InChI is InChI=1S/C18H17ClN4O3S/c1-10-12(9-24)7-20-23(18(10)25)8-16-21-15(22-26-16)6-14-17(27-14)11-2-4-13(19)5-3-11/h2-5,7,14,17,24H,6,8-9H2,1H3. The third-order valence-electron chi connectivity index (χ3n) is 4.52. The number of aromatic nitrogens is 4. The van der Waals surface area contributed by atoms with E-state index in [-0.39, 0.29) is 18.7 Å². The van der Waals surface area contributed by atoms with Crippen LogP contribution in [0.2, 0.25) is 5.02 Å². The van der Waals surface area contributed by atoms with Gasteiger partial charge in [0.1, 0.15) is 6.54 Å². The molecule has 9 heteroatoms. The van der Waals surface area contributed by atoms with Crippen LogP contribution >= 0.6 is 23.4 Å². The van der Waals surface area contributed by atoms with Gasteiger partial charge in [-0.2, -0.15) is 10.1 Å². The van der Waals surface area contributed by atoms with E-state index in [0.717, 1.165) is 5.02 Å². The second-order valence-electron chi connectivity index (χ2n) is 6.37. The van der Waals surface area contributed by atoms with Crippen molar-refractivity contribution in [1.82, 2.24) is 19.9 Å². The van der Waals surface area contributed by atoms with Gasteiger partial charge in [0, 0.05) is 33.1 Å². The molecular weight excluding hydrogens is 388 g/mol. The number of rotatable bonds is 6. The van der Waals surface area contributed by atoms with Gasteiger partial charge in [-0.3, -0.25) is 4.79 Å². The van der Waals surface area contributed by atoms with E-state index in [1.807, 2.05) is 36.0 Å². The first-order valence-electron chi connectivity index (χ1n) is 8.44. The van der Waals surface area contributed by atoms with Crippen molar-refractivity contribution < 1.29 is 9.63 Å². The normalized spacial score (nSPS) is 18.6. The topological polar surface area (TPSA) is 94.0 Å². The van der Waals surface area contributed by atoms with Crippen molar-refractivity contribution in [2.45, 2.75) is 37.0 Å². The summed E-state index contributed by atoms with van der Waals surface area (Å²) in [5.74, 6) is 0.958. The lowest BCUT2D eigenvalue weighted by molar-refractivity contribution is 0.279. The third-order valence-corrected chi connectivity index (χ3v) is 6.14. The van der Waals surface area contributed by atoms with Crippen LogP contribution in [0.15, 0.2) is 39.8 Å². The largest absolute Gasteiger partial charge is 0.392 e. The van der Waals surface area contributed by atoms with Crippen LogP contribution in [0.5, 0.6) is 0 Å². The van der Waals surface area contributed by atoms with E-state index in [0.29, 0.717) is 39.8 Å². The monoisotopic (exact) mass is 404 g/mol. The zero-order chi connectivity index (χ0) is 19.0. The highest BCUT2D eigenvalue weighted by Gasteiger charge is 2.40. The Morgan fingerprint density at radius 2 is 2.11 bits per heavy atom. The Balaban J connectivity index is 1.41. The number of benzene rings is 1. The quantitative estimate of drug-likeness (QED) is 0.631. The molecule has 1 saturated heterocycles. The summed E-state index contributed by atoms with van der Waals surface area (Å²) in [6.45, 7) is 1.55. The van der Waals surface area contributed by atoms with Crippen molar-refractivity contribution in [3.05, 3.63) is 74.2 Å². The van der Waals surface area contributed by atoms with Crippen molar-refractivity contribution in [3.8, 4) is 0 Å². The predicted molar refractivity (Wildman–Crippen MR) is 102 cm³/mol. The lowest BCUT2D eigenvalue weighted by atomic mass is 10.1. The summed E-state index contributed by atoms with van der Waals surface area (Å²) in [7, 11) is 0. The molecule has 1 fully saturated rings. The molecule has 0 bridgehead atoms. The first kappa shape index (κ1) is 18.2. The van der Waals surface area contributed by atoms with Gasteiger partial charge >= 0.3 is 0 Å². The molecular formula is C18H17ClN4O3S. The highest BCUT2D eigenvalue weighted by atomic mass is 35.5. The fourth-order valence-electron chi connectivity index (χ4n) is 2.88. The Bertz CT molecular complexity index is 1020. The molecule has 0 aliphatic carbocycles. The first-order chi connectivity index (χ1) is 13.0. The molecule has 2 aromatic heterocycles. The summed E-state index contributed by atoms with van der Waals surface area (Å²) in [5, 5.41) is 18.8. The molecule has 0 radical (unpaired) electrons. The maximum Gasteiger partial charge on any atom is 0.270 e. The maximum absolute atomic E-state index is 12.3. The van der Waals surface area contributed by atoms with Crippen LogP contribution in [-0.4, -0.2) is 30.3 Å². The predicted octanol–water partition coefficient (Wildman–Crippen LogP) is 2.53. The van der Waals surface area contributed by atoms with E-state index in [1.54, 1.807) is 6.92 Å². The van der Waals surface area contributed by atoms with E-state index in [4.69, 9.17) is 16.1 Å². The lowest BCUT2D eigenvalue weighted by Crippen LogP contribution is -2.26. The number of aliphatic hydroxyl groups excluding tert-OH is 1. The molecule has 1 aliphatic heterocycles. The van der Waals surface area contributed by atoms with Gasteiger partial charge in [-0.15, -0.1) is 11.8 Å². The number of nitrogens with zero attached hydrogens (tertiary/aromatic N) is 4. The summed E-state index contributed by atoms with van der Waals surface area (Å²) < 4.78 is 6.53. The van der Waals surface area contributed by atoms with E-state index in [2.05, 4.69) is 15.2 Å². The Hall–Kier alpha value is -2.16. The SMILES string of the molecule is Cc1c(CO)cnn(Cc2nc(CC3SC3c3ccc(Cl)cc3)no2)c1=O. The number of hydrogen-bond acceptors (Lipinski definition) is 7. The van der Waals surface area contributed by atoms with Crippen LogP contribution in [0.1, 0.15) is 33.7 Å². The van der Waals surface area contributed by atoms with Gasteiger partial charge in [-0.25, -0.2) is 4.68 Å². The van der Waals surface area contributed by atoms with E-state index >= 15 is 0 Å². The third kappa shape index (κ3) is 3.92. The Kier molecular flexibility index (Phi) is 5.03. The highest BCUT2D eigenvalue weighted by molar-refractivity contribution is 8.07. The van der Waals surface area contributed by atoms with Crippen molar-refractivity contribution in [2.75, 3.05) is 0 Å². The molecule has 2 atom stereocenters. The fraction of sp³-hybridized carbons (Fsp3) is 0.333. The zero-order valence-corrected chi connectivity index (χ0v) is 16.1. The van der Waals surface area contributed by atoms with Gasteiger partial charge in [-0.05, 0) is 24.6 Å². The van der Waals surface area contributed by atoms with Gasteiger partial charge in [0.05, 0.1) is 12.8 Å². The highest BCUT2D eigenvalue weighted by Crippen LogP contribution is 2.56. The fourth-order valence-corrected chi connectivity index (χ4v) is 4.11. The Morgan fingerprint density at radius 1 is 1.33 bits per heavy atom. The average molecular weight is 405 g/mol. The summed E-state index contributed by atoms with van der Waals surface area (Å²) in [6.07, 6.45) is 2.18. The molecule has 1 N–H and O–H groups in total. The molecule has 4 rings (SSSR count). The second-order valence-corrected chi connectivity index (χ2v) is 8.19. The molecule has 0 amide bonds. The van der Waals surface area contributed by atoms with Crippen molar-refractivity contribution >= 4 is 23.4 Å². The molecule has 3 heterocycles. The van der Waals surface area contributed by atoms with Crippen LogP contribution in [0.4, 0.5) is 0 Å². The Labute approximate surface area is 164 Å². The number of aliphatic hydroxyl groups is 1. The van der Waals surface area contributed by atoms with Crippen LogP contribution in [0, 0.1) is 6.92 Å². The zero-order valence-electron chi connectivity index (χ0n) is 14.5. The molecule has 3 aromatic rings. The minimum absolute atomic E-state index is 0.108. The maximum atomic E-state index is 12.3. The van der Waals surface area contributed by atoms with E-state index in [1.165, 1.54) is 16.4 Å². The Morgan fingerprint density at radius 3 is 2.85 bits per heavy atom. The number of thioether (sulfide) groups is 1. The molecule has 2 unspecified atom stereocenters. The smallest absolute Gasteiger partial charge is 0.270 e. The van der Waals surface area contributed by atoms with Crippen molar-refractivity contribution in [1.29, 1.82) is 0 Å². The second kappa shape index (κ2) is 7.46. The van der Waals surface area contributed by atoms with Crippen molar-refractivity contribution in [2.24, 2.45) is 0 Å². The van der Waals surface area contributed by atoms with E-state index in [9.17, 15) is 9.90 Å². The summed E-state index contributed by atoms with van der Waals surface area (Å²) in [6, 6.07) is 7.87. The molecule has 1 aliphatic rings. The molecule has 1 aromatic carbocycles. The van der Waals surface area contributed by atoms with Crippen LogP contribution < -0.4 is 5.56 Å². The molecule has 7 nitrogen and oxygen atoms in total. The van der Waals surface area contributed by atoms with Gasteiger partial charge < -0.3 is 9.63 Å². The minimum atomic E-state index is -0.276. The van der Waals surface area contributed by atoms with Crippen LogP contribution in [0.25, 0.3) is 0 Å². The number of halogens is 1. The van der Waals surface area contributed by atoms with E-state index < -0.39 is 0 Å². The minimum Gasteiger partial charge on any atom is -0.392 e. The number of hydrogen-bond donors (Lipinski definition) is 1. The van der Waals surface area contributed by atoms with Gasteiger partial charge in [0.2, 0.25) is 5.89 Å². The summed E-state index contributed by atoms with van der Waals surface area (Å²) >= 11 is 7.79. The first-order valence-corrected chi connectivity index (χ1v) is 9.76. The summed E-state index contributed by atoms with van der Waals surface area (Å²) in [5.41, 5.74) is 1.95. The molecule has 27 heavy (non-hydrogen) atoms. The van der Waals surface area contributed by atoms with Crippen LogP contribution in [-0.2, 0) is 19.6 Å². The molecule has 140 valence electrons. The molecule has 0 saturated carbocycles. The summed E-state index contributed by atoms with van der Waals surface area (Å²) in [4.78, 5) is 16.6. The average Bonchev–Trinajstić information content (AvgIpc) is 3.28. The van der Waals surface area contributed by atoms with Gasteiger partial charge in [-0.1, -0.05) is 28.9 Å². The van der Waals surface area contributed by atoms with Gasteiger partial charge in [0.15, 0.2) is 5.82 Å². The van der Waals surface area contributed by atoms with Crippen LogP contribution in [0.3, 0.4) is 0 Å². The lowest BCUT2D eigenvalue weighted by Gasteiger charge is -2.05. The van der Waals surface area contributed by atoms with Gasteiger partial charge in [0.25, 0.3) is 5.56 Å². The van der Waals surface area contributed by atoms with Crippen molar-refractivity contribution in [3.63, 3.8) is 0 Å².